The van der Waals surface area contributed by atoms with Crippen molar-refractivity contribution in [1.82, 2.24) is 10.2 Å². The summed E-state index contributed by atoms with van der Waals surface area (Å²) in [6.07, 6.45) is 2.51. The molecule has 0 radical (unpaired) electrons. The van der Waals surface area contributed by atoms with Crippen molar-refractivity contribution in [3.05, 3.63) is 34.4 Å². The highest BCUT2D eigenvalue weighted by atomic mass is 35.5. The summed E-state index contributed by atoms with van der Waals surface area (Å²) in [6, 6.07) is 1.86. The van der Waals surface area contributed by atoms with Crippen molar-refractivity contribution in [3.63, 3.8) is 0 Å². The number of halogens is 4. The van der Waals surface area contributed by atoms with Crippen molar-refractivity contribution >= 4 is 29.9 Å². The first-order valence-corrected chi connectivity index (χ1v) is 7.58. The number of benzene rings is 1. The molecule has 0 aromatic heterocycles. The molecule has 1 aromatic carbocycles. The van der Waals surface area contributed by atoms with Crippen LogP contribution in [0.2, 0.25) is 5.02 Å². The smallest absolute Gasteiger partial charge is 0.255 e. The number of carbonyl (C=O) groups is 1. The highest BCUT2D eigenvalue weighted by Crippen LogP contribution is 2.24. The van der Waals surface area contributed by atoms with E-state index in [-0.39, 0.29) is 34.9 Å². The number of hydrogen-bond acceptors (Lipinski definition) is 2. The zero-order chi connectivity index (χ0) is 15.4. The van der Waals surface area contributed by atoms with Gasteiger partial charge in [-0.2, -0.15) is 0 Å². The molecular weight excluding hydrogens is 333 g/mol. The predicted octanol–water partition coefficient (Wildman–Crippen LogP) is 3.64. The van der Waals surface area contributed by atoms with Crippen LogP contribution in [0.1, 0.15) is 36.5 Å². The second kappa shape index (κ2) is 8.65. The van der Waals surface area contributed by atoms with E-state index in [1.807, 2.05) is 6.92 Å². The van der Waals surface area contributed by atoms with Crippen molar-refractivity contribution in [2.75, 3.05) is 19.6 Å². The third kappa shape index (κ3) is 4.31. The molecule has 0 bridgehead atoms. The van der Waals surface area contributed by atoms with E-state index >= 15 is 0 Å². The summed E-state index contributed by atoms with van der Waals surface area (Å²) in [7, 11) is 0. The van der Waals surface area contributed by atoms with Crippen LogP contribution < -0.4 is 5.32 Å². The molecule has 0 spiro atoms. The second-order valence-corrected chi connectivity index (χ2v) is 5.63. The quantitative estimate of drug-likeness (QED) is 0.839. The molecule has 0 unspecified atom stereocenters. The van der Waals surface area contributed by atoms with Crippen molar-refractivity contribution in [2.24, 2.45) is 0 Å². The first-order chi connectivity index (χ1) is 10.0. The fourth-order valence-electron chi connectivity index (χ4n) is 2.65. The number of rotatable bonds is 4. The molecule has 1 aromatic rings. The van der Waals surface area contributed by atoms with Gasteiger partial charge in [-0.15, -0.1) is 12.4 Å². The lowest BCUT2D eigenvalue weighted by Gasteiger charge is -2.34. The lowest BCUT2D eigenvalue weighted by atomic mass is 10.0. The number of piperidine rings is 1. The highest BCUT2D eigenvalue weighted by molar-refractivity contribution is 6.33. The normalized spacial score (nSPS) is 15.3. The molecule has 0 atom stereocenters. The van der Waals surface area contributed by atoms with Crippen LogP contribution in [-0.4, -0.2) is 36.5 Å². The number of nitrogens with zero attached hydrogens (tertiary/aromatic N) is 1. The Bertz CT molecular complexity index is 523. The minimum absolute atomic E-state index is 0. The van der Waals surface area contributed by atoms with Gasteiger partial charge in [-0.05, 0) is 44.5 Å². The van der Waals surface area contributed by atoms with Gasteiger partial charge in [0.15, 0.2) is 11.6 Å². The van der Waals surface area contributed by atoms with Crippen LogP contribution in [0, 0.1) is 11.6 Å². The molecule has 1 fully saturated rings. The number of hydrogen-bond donors (Lipinski definition) is 1. The van der Waals surface area contributed by atoms with E-state index < -0.39 is 11.6 Å². The summed E-state index contributed by atoms with van der Waals surface area (Å²) in [5.74, 6) is -2.42. The molecule has 3 nitrogen and oxygen atoms in total. The van der Waals surface area contributed by atoms with Crippen molar-refractivity contribution < 1.29 is 13.6 Å². The summed E-state index contributed by atoms with van der Waals surface area (Å²) < 4.78 is 26.5. The molecule has 22 heavy (non-hydrogen) atoms. The van der Waals surface area contributed by atoms with E-state index in [4.69, 9.17) is 11.6 Å². The Morgan fingerprint density at radius 2 is 1.91 bits per heavy atom. The summed E-state index contributed by atoms with van der Waals surface area (Å²) in [5.41, 5.74) is 0.0301. The zero-order valence-corrected chi connectivity index (χ0v) is 13.9. The molecule has 7 heteroatoms. The maximum atomic E-state index is 13.4. The van der Waals surface area contributed by atoms with Crippen molar-refractivity contribution in [1.29, 1.82) is 0 Å². The average Bonchev–Trinajstić information content (AvgIpc) is 2.49. The SMILES string of the molecule is CCCN(C(=O)c1cc(F)c(F)cc1Cl)C1CCNCC1.Cl. The van der Waals surface area contributed by atoms with Crippen LogP contribution in [0.4, 0.5) is 8.78 Å². The maximum absolute atomic E-state index is 13.4. The molecule has 1 aliphatic rings. The van der Waals surface area contributed by atoms with Crippen LogP contribution >= 0.6 is 24.0 Å². The molecular formula is C15H20Cl2F2N2O. The van der Waals surface area contributed by atoms with Crippen molar-refractivity contribution in [3.8, 4) is 0 Å². The van der Waals surface area contributed by atoms with Crippen LogP contribution in [-0.2, 0) is 0 Å². The standard InChI is InChI=1S/C15H19ClF2N2O.ClH/c1-2-7-20(10-3-5-19-6-4-10)15(21)11-8-13(17)14(18)9-12(11)16;/h8-10,19H,2-7H2,1H3;1H. The van der Waals surface area contributed by atoms with E-state index in [0.717, 1.165) is 44.5 Å². The molecule has 0 saturated carbocycles. The topological polar surface area (TPSA) is 32.3 Å². The molecule has 1 N–H and O–H groups in total. The molecule has 2 rings (SSSR count). The Kier molecular flexibility index (Phi) is 7.53. The van der Waals surface area contributed by atoms with Gasteiger partial charge in [0.1, 0.15) is 0 Å². The van der Waals surface area contributed by atoms with Gasteiger partial charge in [-0.3, -0.25) is 4.79 Å². The largest absolute Gasteiger partial charge is 0.336 e. The summed E-state index contributed by atoms with van der Waals surface area (Å²) in [5, 5.41) is 3.20. The minimum atomic E-state index is -1.05. The van der Waals surface area contributed by atoms with Crippen LogP contribution in [0.5, 0.6) is 0 Å². The van der Waals surface area contributed by atoms with Gasteiger partial charge in [0.25, 0.3) is 5.91 Å². The first-order valence-electron chi connectivity index (χ1n) is 7.20. The molecule has 1 saturated heterocycles. The first kappa shape index (κ1) is 19.1. The highest BCUT2D eigenvalue weighted by Gasteiger charge is 2.27. The molecule has 1 aliphatic heterocycles. The predicted molar refractivity (Wildman–Crippen MR) is 85.8 cm³/mol. The lowest BCUT2D eigenvalue weighted by Crippen LogP contribution is -2.46. The zero-order valence-electron chi connectivity index (χ0n) is 12.4. The third-order valence-corrected chi connectivity index (χ3v) is 4.03. The van der Waals surface area contributed by atoms with E-state index in [1.165, 1.54) is 0 Å². The Labute approximate surface area is 140 Å². The van der Waals surface area contributed by atoms with Gasteiger partial charge in [0, 0.05) is 12.6 Å². The average molecular weight is 353 g/mol. The van der Waals surface area contributed by atoms with E-state index in [0.29, 0.717) is 6.54 Å². The Balaban J connectivity index is 0.00000242. The summed E-state index contributed by atoms with van der Waals surface area (Å²) in [4.78, 5) is 14.4. The van der Waals surface area contributed by atoms with E-state index in [1.54, 1.807) is 4.90 Å². The van der Waals surface area contributed by atoms with Gasteiger partial charge in [0.05, 0.1) is 10.6 Å². The fourth-order valence-corrected chi connectivity index (χ4v) is 2.88. The summed E-state index contributed by atoms with van der Waals surface area (Å²) >= 11 is 5.91. The van der Waals surface area contributed by atoms with Gasteiger partial charge in [-0.25, -0.2) is 8.78 Å². The number of carbonyl (C=O) groups excluding carboxylic acids is 1. The van der Waals surface area contributed by atoms with Crippen LogP contribution in [0.15, 0.2) is 12.1 Å². The van der Waals surface area contributed by atoms with Crippen LogP contribution in [0.3, 0.4) is 0 Å². The van der Waals surface area contributed by atoms with Gasteiger partial charge in [-0.1, -0.05) is 18.5 Å². The minimum Gasteiger partial charge on any atom is -0.336 e. The van der Waals surface area contributed by atoms with Gasteiger partial charge < -0.3 is 10.2 Å². The molecule has 124 valence electrons. The van der Waals surface area contributed by atoms with Gasteiger partial charge in [0.2, 0.25) is 0 Å². The van der Waals surface area contributed by atoms with Crippen molar-refractivity contribution in [2.45, 2.75) is 32.2 Å². The Hall–Kier alpha value is -0.910. The second-order valence-electron chi connectivity index (χ2n) is 5.23. The lowest BCUT2D eigenvalue weighted by molar-refractivity contribution is 0.0642. The van der Waals surface area contributed by atoms with E-state index in [2.05, 4.69) is 5.32 Å². The van der Waals surface area contributed by atoms with E-state index in [9.17, 15) is 13.6 Å². The molecule has 1 heterocycles. The fraction of sp³-hybridized carbons (Fsp3) is 0.533. The Morgan fingerprint density at radius 1 is 1.32 bits per heavy atom. The molecule has 1 amide bonds. The third-order valence-electron chi connectivity index (χ3n) is 3.72. The monoisotopic (exact) mass is 352 g/mol. The van der Waals surface area contributed by atoms with Gasteiger partial charge >= 0.3 is 0 Å². The Morgan fingerprint density at radius 3 is 2.50 bits per heavy atom. The molecule has 0 aliphatic carbocycles. The van der Waals surface area contributed by atoms with Crippen LogP contribution in [0.25, 0.3) is 0 Å². The maximum Gasteiger partial charge on any atom is 0.255 e. The summed E-state index contributed by atoms with van der Waals surface area (Å²) in [6.45, 7) is 4.26. The number of nitrogens with one attached hydrogen (secondary N) is 1. The number of amides is 1.